The zero-order valence-corrected chi connectivity index (χ0v) is 10.8. The fourth-order valence-electron chi connectivity index (χ4n) is 1.73. The molecule has 0 aliphatic heterocycles. The molecule has 0 atom stereocenters. The van der Waals surface area contributed by atoms with Gasteiger partial charge in [0.2, 0.25) is 0 Å². The highest BCUT2D eigenvalue weighted by Crippen LogP contribution is 2.31. The standard InChI is InChI=1S/C13H12ClNO3/c1-17-7-10(16)9-6-15-13-8(12(9)14)4-3-5-11(13)18-2/h3-6H,7H2,1-2H3. The summed E-state index contributed by atoms with van der Waals surface area (Å²) >= 11 is 6.23. The van der Waals surface area contributed by atoms with Crippen molar-refractivity contribution in [2.45, 2.75) is 0 Å². The summed E-state index contributed by atoms with van der Waals surface area (Å²) in [5, 5.41) is 1.07. The van der Waals surface area contributed by atoms with Crippen LogP contribution in [0.15, 0.2) is 24.4 Å². The van der Waals surface area contributed by atoms with Gasteiger partial charge in [-0.05, 0) is 6.07 Å². The Kier molecular flexibility index (Phi) is 3.79. The molecule has 2 aromatic rings. The maximum absolute atomic E-state index is 11.8. The van der Waals surface area contributed by atoms with Crippen molar-refractivity contribution < 1.29 is 14.3 Å². The minimum Gasteiger partial charge on any atom is -0.494 e. The van der Waals surface area contributed by atoms with E-state index in [1.54, 1.807) is 25.3 Å². The van der Waals surface area contributed by atoms with Crippen molar-refractivity contribution in [1.29, 1.82) is 0 Å². The van der Waals surface area contributed by atoms with Gasteiger partial charge in [-0.25, -0.2) is 0 Å². The monoisotopic (exact) mass is 265 g/mol. The van der Waals surface area contributed by atoms with Crippen LogP contribution in [0.3, 0.4) is 0 Å². The molecule has 0 bridgehead atoms. The van der Waals surface area contributed by atoms with Gasteiger partial charge >= 0.3 is 0 Å². The summed E-state index contributed by atoms with van der Waals surface area (Å²) in [4.78, 5) is 16.0. The third kappa shape index (κ3) is 2.17. The number of aromatic nitrogens is 1. The van der Waals surface area contributed by atoms with Gasteiger partial charge in [-0.2, -0.15) is 0 Å². The zero-order valence-electron chi connectivity index (χ0n) is 10.1. The van der Waals surface area contributed by atoms with Gasteiger partial charge in [-0.3, -0.25) is 9.78 Å². The summed E-state index contributed by atoms with van der Waals surface area (Å²) in [6.07, 6.45) is 1.45. The molecule has 1 aromatic heterocycles. The number of hydrogen-bond acceptors (Lipinski definition) is 4. The van der Waals surface area contributed by atoms with Crippen LogP contribution in [0.4, 0.5) is 0 Å². The van der Waals surface area contributed by atoms with E-state index in [4.69, 9.17) is 21.1 Å². The molecule has 0 radical (unpaired) electrons. The summed E-state index contributed by atoms with van der Waals surface area (Å²) < 4.78 is 10.0. The summed E-state index contributed by atoms with van der Waals surface area (Å²) in [5.41, 5.74) is 0.998. The number of halogens is 1. The number of benzene rings is 1. The van der Waals surface area contributed by atoms with E-state index in [-0.39, 0.29) is 12.4 Å². The molecule has 18 heavy (non-hydrogen) atoms. The number of rotatable bonds is 4. The normalized spacial score (nSPS) is 10.6. The highest BCUT2D eigenvalue weighted by Gasteiger charge is 2.15. The number of hydrogen-bond donors (Lipinski definition) is 0. The molecule has 0 spiro atoms. The number of fused-ring (bicyclic) bond motifs is 1. The molecule has 5 heteroatoms. The van der Waals surface area contributed by atoms with Gasteiger partial charge in [0, 0.05) is 18.7 Å². The Hall–Kier alpha value is -1.65. The van der Waals surface area contributed by atoms with Gasteiger partial charge in [-0.15, -0.1) is 0 Å². The lowest BCUT2D eigenvalue weighted by Gasteiger charge is -2.08. The Morgan fingerprint density at radius 2 is 2.17 bits per heavy atom. The molecule has 2 rings (SSSR count). The van der Waals surface area contributed by atoms with Crippen LogP contribution in [-0.2, 0) is 4.74 Å². The summed E-state index contributed by atoms with van der Waals surface area (Å²) in [5.74, 6) is 0.430. The number of methoxy groups -OCH3 is 2. The second kappa shape index (κ2) is 5.33. The van der Waals surface area contributed by atoms with E-state index in [2.05, 4.69) is 4.98 Å². The van der Waals surface area contributed by atoms with Crippen LogP contribution in [0.5, 0.6) is 5.75 Å². The predicted molar refractivity (Wildman–Crippen MR) is 69.5 cm³/mol. The van der Waals surface area contributed by atoms with E-state index >= 15 is 0 Å². The van der Waals surface area contributed by atoms with E-state index in [0.717, 1.165) is 0 Å². The van der Waals surface area contributed by atoms with Crippen LogP contribution in [0, 0.1) is 0 Å². The second-order valence-corrected chi connectivity index (χ2v) is 4.08. The van der Waals surface area contributed by atoms with Gasteiger partial charge in [0.25, 0.3) is 0 Å². The third-order valence-electron chi connectivity index (χ3n) is 2.59. The predicted octanol–water partition coefficient (Wildman–Crippen LogP) is 2.73. The van der Waals surface area contributed by atoms with Crippen LogP contribution in [0.25, 0.3) is 10.9 Å². The molecule has 0 saturated carbocycles. The first-order valence-electron chi connectivity index (χ1n) is 5.32. The van der Waals surface area contributed by atoms with E-state index < -0.39 is 0 Å². The first-order valence-corrected chi connectivity index (χ1v) is 5.70. The minimum absolute atomic E-state index is 0.0170. The first kappa shape index (κ1) is 12.8. The lowest BCUT2D eigenvalue weighted by Crippen LogP contribution is -2.08. The van der Waals surface area contributed by atoms with Crippen molar-refractivity contribution in [1.82, 2.24) is 4.98 Å². The molecule has 0 N–H and O–H groups in total. The van der Waals surface area contributed by atoms with Crippen LogP contribution in [-0.4, -0.2) is 31.6 Å². The summed E-state index contributed by atoms with van der Waals surface area (Å²) in [6.45, 7) is -0.0170. The Morgan fingerprint density at radius 1 is 1.39 bits per heavy atom. The fraction of sp³-hybridized carbons (Fsp3) is 0.231. The topological polar surface area (TPSA) is 48.4 Å². The Morgan fingerprint density at radius 3 is 2.83 bits per heavy atom. The fourth-order valence-corrected chi connectivity index (χ4v) is 2.04. The van der Waals surface area contributed by atoms with Gasteiger partial charge in [-0.1, -0.05) is 23.7 Å². The Labute approximate surface area is 109 Å². The number of nitrogens with zero attached hydrogens (tertiary/aromatic N) is 1. The molecular weight excluding hydrogens is 254 g/mol. The summed E-state index contributed by atoms with van der Waals surface area (Å²) in [7, 11) is 3.03. The lowest BCUT2D eigenvalue weighted by molar-refractivity contribution is 0.0848. The average molecular weight is 266 g/mol. The molecule has 0 amide bonds. The van der Waals surface area contributed by atoms with Crippen molar-refractivity contribution in [2.75, 3.05) is 20.8 Å². The molecular formula is C13H12ClNO3. The van der Waals surface area contributed by atoms with Crippen LogP contribution >= 0.6 is 11.6 Å². The maximum atomic E-state index is 11.8. The molecule has 4 nitrogen and oxygen atoms in total. The number of para-hydroxylation sites is 1. The molecule has 1 heterocycles. The number of carbonyl (C=O) groups is 1. The van der Waals surface area contributed by atoms with Crippen molar-refractivity contribution in [3.05, 3.63) is 35.0 Å². The van der Waals surface area contributed by atoms with E-state index in [9.17, 15) is 4.79 Å². The third-order valence-corrected chi connectivity index (χ3v) is 3.00. The van der Waals surface area contributed by atoms with E-state index in [0.29, 0.717) is 27.2 Å². The van der Waals surface area contributed by atoms with Crippen LogP contribution in [0.1, 0.15) is 10.4 Å². The van der Waals surface area contributed by atoms with Crippen molar-refractivity contribution >= 4 is 28.3 Å². The van der Waals surface area contributed by atoms with Gasteiger partial charge in [0.15, 0.2) is 5.78 Å². The number of pyridine rings is 1. The van der Waals surface area contributed by atoms with Crippen molar-refractivity contribution in [3.8, 4) is 5.75 Å². The quantitative estimate of drug-likeness (QED) is 0.798. The van der Waals surface area contributed by atoms with Gasteiger partial charge in [0.1, 0.15) is 17.9 Å². The van der Waals surface area contributed by atoms with E-state index in [1.807, 2.05) is 0 Å². The SMILES string of the molecule is COCC(=O)c1cnc2c(OC)cccc2c1Cl. The summed E-state index contributed by atoms with van der Waals surface area (Å²) in [6, 6.07) is 5.40. The first-order chi connectivity index (χ1) is 8.69. The minimum atomic E-state index is -0.195. The average Bonchev–Trinajstić information content (AvgIpc) is 2.39. The number of Topliss-reactive ketones (excluding diaryl/α,β-unsaturated/α-hetero) is 1. The molecule has 0 fully saturated rings. The number of ketones is 1. The molecule has 0 unspecified atom stereocenters. The Balaban J connectivity index is 2.61. The molecule has 1 aromatic carbocycles. The van der Waals surface area contributed by atoms with Gasteiger partial charge in [0.05, 0.1) is 17.7 Å². The highest BCUT2D eigenvalue weighted by atomic mass is 35.5. The molecule has 0 aliphatic carbocycles. The van der Waals surface area contributed by atoms with Crippen molar-refractivity contribution in [3.63, 3.8) is 0 Å². The van der Waals surface area contributed by atoms with Crippen LogP contribution < -0.4 is 4.74 Å². The second-order valence-electron chi connectivity index (χ2n) is 3.70. The highest BCUT2D eigenvalue weighted by molar-refractivity contribution is 6.38. The largest absolute Gasteiger partial charge is 0.494 e. The smallest absolute Gasteiger partial charge is 0.191 e. The van der Waals surface area contributed by atoms with Crippen molar-refractivity contribution in [2.24, 2.45) is 0 Å². The lowest BCUT2D eigenvalue weighted by atomic mass is 10.1. The maximum Gasteiger partial charge on any atom is 0.191 e. The molecule has 0 aliphatic rings. The van der Waals surface area contributed by atoms with Gasteiger partial charge < -0.3 is 9.47 Å². The molecule has 0 saturated heterocycles. The Bertz CT molecular complexity index is 598. The zero-order chi connectivity index (χ0) is 13.1. The number of carbonyl (C=O) groups excluding carboxylic acids is 1. The molecule has 94 valence electrons. The van der Waals surface area contributed by atoms with E-state index in [1.165, 1.54) is 13.3 Å². The van der Waals surface area contributed by atoms with Crippen LogP contribution in [0.2, 0.25) is 5.02 Å². The number of ether oxygens (including phenoxy) is 2.